The third-order valence-electron chi connectivity index (χ3n) is 5.71. The van der Waals surface area contributed by atoms with E-state index >= 15 is 0 Å². The summed E-state index contributed by atoms with van der Waals surface area (Å²) in [4.78, 5) is 41.6. The molecule has 1 heterocycles. The Bertz CT molecular complexity index is 1190. The summed E-state index contributed by atoms with van der Waals surface area (Å²) in [6.45, 7) is 3.12. The van der Waals surface area contributed by atoms with Crippen LogP contribution in [-0.4, -0.2) is 47.7 Å². The number of benzene rings is 3. The maximum Gasteiger partial charge on any atom is 0.261 e. The molecule has 3 amide bonds. The lowest BCUT2D eigenvalue weighted by molar-refractivity contribution is 0.0655. The Morgan fingerprint density at radius 1 is 0.909 bits per heavy atom. The zero-order valence-electron chi connectivity index (χ0n) is 18.8. The number of carbonyl (C=O) groups is 3. The van der Waals surface area contributed by atoms with Crippen molar-refractivity contribution in [3.63, 3.8) is 0 Å². The molecule has 1 aliphatic rings. The first-order chi connectivity index (χ1) is 16.0. The van der Waals surface area contributed by atoms with Crippen LogP contribution in [-0.2, 0) is 13.0 Å². The van der Waals surface area contributed by atoms with E-state index in [-0.39, 0.29) is 23.3 Å². The largest absolute Gasteiger partial charge is 0.494 e. The summed E-state index contributed by atoms with van der Waals surface area (Å²) in [6, 6.07) is 22.0. The molecular weight excluding hydrogens is 416 g/mol. The van der Waals surface area contributed by atoms with Gasteiger partial charge in [0.05, 0.1) is 17.7 Å². The van der Waals surface area contributed by atoms with Crippen LogP contribution in [0, 0.1) is 0 Å². The van der Waals surface area contributed by atoms with Gasteiger partial charge in [-0.2, -0.15) is 0 Å². The van der Waals surface area contributed by atoms with Crippen molar-refractivity contribution in [2.75, 3.05) is 20.2 Å². The predicted octanol–water partition coefficient (Wildman–Crippen LogP) is 4.20. The fourth-order valence-corrected chi connectivity index (χ4v) is 3.99. The second-order valence-corrected chi connectivity index (χ2v) is 7.96. The van der Waals surface area contributed by atoms with Crippen LogP contribution in [0.3, 0.4) is 0 Å². The van der Waals surface area contributed by atoms with Crippen LogP contribution in [0.4, 0.5) is 0 Å². The molecule has 0 fully saturated rings. The molecule has 0 saturated carbocycles. The summed E-state index contributed by atoms with van der Waals surface area (Å²) in [5.74, 6) is -0.163. The van der Waals surface area contributed by atoms with E-state index in [1.54, 1.807) is 24.1 Å². The highest BCUT2D eigenvalue weighted by Gasteiger charge is 2.35. The smallest absolute Gasteiger partial charge is 0.261 e. The van der Waals surface area contributed by atoms with Crippen LogP contribution in [0.25, 0.3) is 0 Å². The van der Waals surface area contributed by atoms with Gasteiger partial charge in [-0.3, -0.25) is 19.3 Å². The van der Waals surface area contributed by atoms with Crippen molar-refractivity contribution in [2.45, 2.75) is 19.9 Å². The van der Waals surface area contributed by atoms with Crippen molar-refractivity contribution < 1.29 is 19.1 Å². The first-order valence-corrected chi connectivity index (χ1v) is 11.0. The van der Waals surface area contributed by atoms with Crippen LogP contribution < -0.4 is 4.74 Å². The summed E-state index contributed by atoms with van der Waals surface area (Å²) in [5.41, 5.74) is 2.95. The SMILES string of the molecule is CCOc1ccccc1CN(C)C(=O)c1ccc2c(c1)C(=O)N(CCc1ccccc1)C2=O. The molecule has 6 heteroatoms. The maximum absolute atomic E-state index is 13.1. The van der Waals surface area contributed by atoms with Gasteiger partial charge in [0.2, 0.25) is 0 Å². The van der Waals surface area contributed by atoms with Gasteiger partial charge in [-0.1, -0.05) is 48.5 Å². The molecule has 4 rings (SSSR count). The minimum atomic E-state index is -0.357. The van der Waals surface area contributed by atoms with Crippen LogP contribution in [0.5, 0.6) is 5.75 Å². The lowest BCUT2D eigenvalue weighted by Crippen LogP contribution is -2.31. The Kier molecular flexibility index (Phi) is 6.54. The normalized spacial score (nSPS) is 12.6. The van der Waals surface area contributed by atoms with Gasteiger partial charge in [-0.15, -0.1) is 0 Å². The molecule has 168 valence electrons. The van der Waals surface area contributed by atoms with Gasteiger partial charge in [-0.05, 0) is 43.2 Å². The zero-order valence-corrected chi connectivity index (χ0v) is 18.8. The molecule has 0 saturated heterocycles. The summed E-state index contributed by atoms with van der Waals surface area (Å²) < 4.78 is 5.65. The molecule has 0 aliphatic carbocycles. The van der Waals surface area contributed by atoms with Gasteiger partial charge in [0.25, 0.3) is 17.7 Å². The van der Waals surface area contributed by atoms with Gasteiger partial charge >= 0.3 is 0 Å². The average molecular weight is 443 g/mol. The highest BCUT2D eigenvalue weighted by molar-refractivity contribution is 6.22. The van der Waals surface area contributed by atoms with E-state index in [9.17, 15) is 14.4 Å². The van der Waals surface area contributed by atoms with Gasteiger partial charge in [0, 0.05) is 31.3 Å². The van der Waals surface area contributed by atoms with Crippen molar-refractivity contribution >= 4 is 17.7 Å². The first kappa shape index (κ1) is 22.3. The van der Waals surface area contributed by atoms with Crippen LogP contribution in [0.1, 0.15) is 49.1 Å². The van der Waals surface area contributed by atoms with Crippen LogP contribution >= 0.6 is 0 Å². The Balaban J connectivity index is 1.48. The molecule has 33 heavy (non-hydrogen) atoms. The van der Waals surface area contributed by atoms with Crippen molar-refractivity contribution in [1.29, 1.82) is 0 Å². The third kappa shape index (κ3) is 4.65. The monoisotopic (exact) mass is 442 g/mol. The van der Waals surface area contributed by atoms with Crippen molar-refractivity contribution in [3.8, 4) is 5.75 Å². The quantitative estimate of drug-likeness (QED) is 0.491. The molecule has 1 aliphatic heterocycles. The number of imide groups is 1. The van der Waals surface area contributed by atoms with E-state index in [0.717, 1.165) is 16.9 Å². The zero-order chi connectivity index (χ0) is 23.4. The van der Waals surface area contributed by atoms with Crippen LogP contribution in [0.15, 0.2) is 72.8 Å². The predicted molar refractivity (Wildman–Crippen MR) is 125 cm³/mol. The second-order valence-electron chi connectivity index (χ2n) is 7.96. The molecule has 3 aromatic rings. The number of rotatable bonds is 8. The van der Waals surface area contributed by atoms with Crippen molar-refractivity contribution in [3.05, 3.63) is 101 Å². The number of para-hydroxylation sites is 1. The number of hydrogen-bond acceptors (Lipinski definition) is 4. The molecule has 0 bridgehead atoms. The van der Waals surface area contributed by atoms with E-state index < -0.39 is 0 Å². The Morgan fingerprint density at radius 3 is 2.36 bits per heavy atom. The van der Waals surface area contributed by atoms with Gasteiger partial charge in [0.15, 0.2) is 0 Å². The minimum absolute atomic E-state index is 0.230. The van der Waals surface area contributed by atoms with Gasteiger partial charge < -0.3 is 9.64 Å². The molecule has 0 aromatic heterocycles. The van der Waals surface area contributed by atoms with Gasteiger partial charge in [-0.25, -0.2) is 0 Å². The summed E-state index contributed by atoms with van der Waals surface area (Å²) in [6.07, 6.45) is 0.583. The number of nitrogens with zero attached hydrogens (tertiary/aromatic N) is 2. The van der Waals surface area contributed by atoms with Crippen LogP contribution in [0.2, 0.25) is 0 Å². The van der Waals surface area contributed by atoms with E-state index in [4.69, 9.17) is 4.74 Å². The van der Waals surface area contributed by atoms with Crippen molar-refractivity contribution in [2.24, 2.45) is 0 Å². The number of ether oxygens (including phenoxy) is 1. The molecule has 3 aromatic carbocycles. The molecule has 0 radical (unpaired) electrons. The standard InChI is InChI=1S/C27H26N2O4/c1-3-33-24-12-8-7-11-21(24)18-28(2)25(30)20-13-14-22-23(17-20)27(32)29(26(22)31)16-15-19-9-5-4-6-10-19/h4-14,17H,3,15-16,18H2,1-2H3. The van der Waals surface area contributed by atoms with Gasteiger partial charge in [0.1, 0.15) is 5.75 Å². The summed E-state index contributed by atoms with van der Waals surface area (Å²) >= 11 is 0. The fraction of sp³-hybridized carbons (Fsp3) is 0.222. The second kappa shape index (κ2) is 9.69. The molecular formula is C27H26N2O4. The first-order valence-electron chi connectivity index (χ1n) is 11.0. The number of hydrogen-bond donors (Lipinski definition) is 0. The Labute approximate surface area is 193 Å². The minimum Gasteiger partial charge on any atom is -0.494 e. The summed E-state index contributed by atoms with van der Waals surface area (Å²) in [5, 5.41) is 0. The van der Waals surface area contributed by atoms with E-state index in [1.807, 2.05) is 61.5 Å². The third-order valence-corrected chi connectivity index (χ3v) is 5.71. The lowest BCUT2D eigenvalue weighted by atomic mass is 10.0. The lowest BCUT2D eigenvalue weighted by Gasteiger charge is -2.19. The molecule has 0 unspecified atom stereocenters. The molecule has 0 spiro atoms. The van der Waals surface area contributed by atoms with E-state index in [0.29, 0.717) is 37.2 Å². The highest BCUT2D eigenvalue weighted by Crippen LogP contribution is 2.26. The molecule has 0 atom stereocenters. The summed E-state index contributed by atoms with van der Waals surface area (Å²) in [7, 11) is 1.71. The number of carbonyl (C=O) groups excluding carboxylic acids is 3. The molecule has 0 N–H and O–H groups in total. The average Bonchev–Trinajstić information content (AvgIpc) is 3.08. The Morgan fingerprint density at radius 2 is 1.61 bits per heavy atom. The maximum atomic E-state index is 13.1. The van der Waals surface area contributed by atoms with Crippen molar-refractivity contribution in [1.82, 2.24) is 9.80 Å². The Hall–Kier alpha value is -3.93. The van der Waals surface area contributed by atoms with E-state index in [1.165, 1.54) is 11.0 Å². The number of fused-ring (bicyclic) bond motifs is 1. The number of amides is 3. The fourth-order valence-electron chi connectivity index (χ4n) is 3.99. The topological polar surface area (TPSA) is 66.9 Å². The van der Waals surface area contributed by atoms with E-state index in [2.05, 4.69) is 0 Å². The molecule has 6 nitrogen and oxygen atoms in total. The highest BCUT2D eigenvalue weighted by atomic mass is 16.5.